The molecule has 1 rings (SSSR count). The highest BCUT2D eigenvalue weighted by Gasteiger charge is 2.07. The van der Waals surface area contributed by atoms with Crippen molar-refractivity contribution in [2.24, 2.45) is 0 Å². The molecule has 1 aromatic rings. The third-order valence-corrected chi connectivity index (χ3v) is 1.51. The molecule has 0 N–H and O–H groups in total. The van der Waals surface area contributed by atoms with Crippen LogP contribution in [0.4, 0.5) is 0 Å². The molecule has 0 radical (unpaired) electrons. The van der Waals surface area contributed by atoms with Gasteiger partial charge in [-0.2, -0.15) is 9.90 Å². The first-order valence-electron chi connectivity index (χ1n) is 3.56. The zero-order valence-corrected chi connectivity index (χ0v) is 8.76. The normalized spacial score (nSPS) is 11.2. The van der Waals surface area contributed by atoms with Crippen molar-refractivity contribution >= 4 is 9.90 Å². The zero-order chi connectivity index (χ0) is 8.97. The second-order valence-electron chi connectivity index (χ2n) is 2.38. The Kier molecular flexibility index (Phi) is 5.00. The number of hydrogen-bond donors (Lipinski definition) is 0. The molecule has 0 fully saturated rings. The highest BCUT2D eigenvalue weighted by atomic mass is 31.0. The summed E-state index contributed by atoms with van der Waals surface area (Å²) in [4.78, 5) is 14.3. The second kappa shape index (κ2) is 5.49. The third kappa shape index (κ3) is 3.85. The SMILES string of the molecule is CC(O[N+](=O)[O-])c1ccccc1.P. The Labute approximate surface area is 79.6 Å². The van der Waals surface area contributed by atoms with Crippen LogP contribution in [0.1, 0.15) is 18.6 Å². The molecule has 0 heterocycles. The van der Waals surface area contributed by atoms with Crippen molar-refractivity contribution < 1.29 is 9.92 Å². The van der Waals surface area contributed by atoms with E-state index in [2.05, 4.69) is 4.84 Å². The van der Waals surface area contributed by atoms with E-state index >= 15 is 0 Å². The van der Waals surface area contributed by atoms with Crippen LogP contribution in [0.25, 0.3) is 0 Å². The van der Waals surface area contributed by atoms with Gasteiger partial charge in [0.25, 0.3) is 5.09 Å². The average Bonchev–Trinajstić information content (AvgIpc) is 2.05. The van der Waals surface area contributed by atoms with Gasteiger partial charge < -0.3 is 4.84 Å². The Morgan fingerprint density at radius 3 is 2.38 bits per heavy atom. The molecule has 5 heteroatoms. The molecule has 0 saturated heterocycles. The maximum absolute atomic E-state index is 9.97. The Hall–Kier alpha value is -1.15. The molecule has 1 aromatic carbocycles. The van der Waals surface area contributed by atoms with Gasteiger partial charge in [-0.05, 0) is 12.5 Å². The van der Waals surface area contributed by atoms with E-state index in [-0.39, 0.29) is 9.90 Å². The summed E-state index contributed by atoms with van der Waals surface area (Å²) >= 11 is 0. The molecule has 0 aliphatic rings. The van der Waals surface area contributed by atoms with Crippen molar-refractivity contribution in [3.63, 3.8) is 0 Å². The fourth-order valence-corrected chi connectivity index (χ4v) is 0.914. The fraction of sp³-hybridized carbons (Fsp3) is 0.250. The van der Waals surface area contributed by atoms with Crippen LogP contribution in [0.5, 0.6) is 0 Å². The minimum Gasteiger partial charge on any atom is -0.306 e. The molecule has 0 spiro atoms. The van der Waals surface area contributed by atoms with E-state index < -0.39 is 11.2 Å². The van der Waals surface area contributed by atoms with Crippen molar-refractivity contribution in [1.82, 2.24) is 0 Å². The predicted octanol–water partition coefficient (Wildman–Crippen LogP) is 2.01. The Morgan fingerprint density at radius 1 is 1.38 bits per heavy atom. The summed E-state index contributed by atoms with van der Waals surface area (Å²) in [5.74, 6) is 0. The zero-order valence-electron chi connectivity index (χ0n) is 7.34. The van der Waals surface area contributed by atoms with E-state index in [1.165, 1.54) is 0 Å². The van der Waals surface area contributed by atoms with Gasteiger partial charge in [0.2, 0.25) is 0 Å². The lowest BCUT2D eigenvalue weighted by Crippen LogP contribution is -2.05. The number of rotatable bonds is 3. The fourth-order valence-electron chi connectivity index (χ4n) is 0.914. The van der Waals surface area contributed by atoms with Gasteiger partial charge in [-0.25, -0.2) is 0 Å². The first-order valence-corrected chi connectivity index (χ1v) is 3.56. The Bertz CT molecular complexity index is 265. The predicted molar refractivity (Wildman–Crippen MR) is 54.0 cm³/mol. The smallest absolute Gasteiger partial charge is 0.295 e. The maximum Gasteiger partial charge on any atom is 0.295 e. The summed E-state index contributed by atoms with van der Waals surface area (Å²) in [5.41, 5.74) is 0.800. The van der Waals surface area contributed by atoms with Crippen molar-refractivity contribution in [3.8, 4) is 0 Å². The summed E-state index contributed by atoms with van der Waals surface area (Å²) in [6, 6.07) is 9.05. The average molecular weight is 201 g/mol. The van der Waals surface area contributed by atoms with Gasteiger partial charge in [0.05, 0.1) is 0 Å². The first kappa shape index (κ1) is 11.8. The van der Waals surface area contributed by atoms with E-state index in [1.54, 1.807) is 19.1 Å². The van der Waals surface area contributed by atoms with Crippen molar-refractivity contribution in [3.05, 3.63) is 46.0 Å². The standard InChI is InChI=1S/C8H9NO3.H3P/c1-7(12-9(10)11)8-5-3-2-4-6-8;/h2-7H,1H3;1H3. The number of hydrogen-bond acceptors (Lipinski definition) is 3. The van der Waals surface area contributed by atoms with E-state index in [9.17, 15) is 10.1 Å². The second-order valence-corrected chi connectivity index (χ2v) is 2.38. The number of nitrogens with zero attached hydrogens (tertiary/aromatic N) is 1. The molecule has 72 valence electrons. The van der Waals surface area contributed by atoms with Gasteiger partial charge in [-0.1, -0.05) is 30.3 Å². The molecule has 0 saturated carbocycles. The molecule has 0 amide bonds. The van der Waals surface area contributed by atoms with E-state index in [4.69, 9.17) is 0 Å². The molecule has 2 unspecified atom stereocenters. The van der Waals surface area contributed by atoms with Gasteiger partial charge in [0.1, 0.15) is 6.10 Å². The minimum absolute atomic E-state index is 0. The summed E-state index contributed by atoms with van der Waals surface area (Å²) < 4.78 is 0. The van der Waals surface area contributed by atoms with E-state index in [1.807, 2.05) is 18.2 Å². The van der Waals surface area contributed by atoms with Crippen molar-refractivity contribution in [2.75, 3.05) is 0 Å². The summed E-state index contributed by atoms with van der Waals surface area (Å²) in [6.07, 6.45) is -0.499. The molecule has 0 aliphatic carbocycles. The van der Waals surface area contributed by atoms with Crippen LogP contribution in [0, 0.1) is 10.1 Å². The van der Waals surface area contributed by atoms with Crippen LogP contribution in [0.3, 0.4) is 0 Å². The summed E-state index contributed by atoms with van der Waals surface area (Å²) in [7, 11) is 0. The highest BCUT2D eigenvalue weighted by molar-refractivity contribution is 6.92. The van der Waals surface area contributed by atoms with Gasteiger partial charge in [0, 0.05) is 0 Å². The van der Waals surface area contributed by atoms with Crippen molar-refractivity contribution in [1.29, 1.82) is 0 Å². The molecular weight excluding hydrogens is 189 g/mol. The van der Waals surface area contributed by atoms with Crippen LogP contribution in [-0.4, -0.2) is 5.09 Å². The van der Waals surface area contributed by atoms with E-state index in [0.717, 1.165) is 5.56 Å². The molecule has 0 aliphatic heterocycles. The Balaban J connectivity index is 0.00000144. The van der Waals surface area contributed by atoms with Crippen LogP contribution < -0.4 is 0 Å². The third-order valence-electron chi connectivity index (χ3n) is 1.51. The van der Waals surface area contributed by atoms with Crippen LogP contribution >= 0.6 is 9.90 Å². The molecule has 0 bridgehead atoms. The minimum atomic E-state index is -0.780. The van der Waals surface area contributed by atoms with Crippen molar-refractivity contribution in [2.45, 2.75) is 13.0 Å². The van der Waals surface area contributed by atoms with Gasteiger partial charge >= 0.3 is 0 Å². The summed E-state index contributed by atoms with van der Waals surface area (Å²) in [6.45, 7) is 1.64. The van der Waals surface area contributed by atoms with Gasteiger partial charge in [0.15, 0.2) is 0 Å². The van der Waals surface area contributed by atoms with Crippen LogP contribution in [0.2, 0.25) is 0 Å². The van der Waals surface area contributed by atoms with E-state index in [0.29, 0.717) is 0 Å². The lowest BCUT2D eigenvalue weighted by atomic mass is 10.1. The lowest BCUT2D eigenvalue weighted by molar-refractivity contribution is -0.770. The Morgan fingerprint density at radius 2 is 1.92 bits per heavy atom. The lowest BCUT2D eigenvalue weighted by Gasteiger charge is -2.07. The monoisotopic (exact) mass is 201 g/mol. The van der Waals surface area contributed by atoms with Gasteiger partial charge in [-0.15, -0.1) is 10.1 Å². The quantitative estimate of drug-likeness (QED) is 0.427. The highest BCUT2D eigenvalue weighted by Crippen LogP contribution is 2.15. The van der Waals surface area contributed by atoms with Crippen LogP contribution in [0.15, 0.2) is 30.3 Å². The molecular formula is C8H12NO3P. The molecule has 4 nitrogen and oxygen atoms in total. The van der Waals surface area contributed by atoms with Crippen LogP contribution in [-0.2, 0) is 4.84 Å². The maximum atomic E-state index is 9.97. The number of benzene rings is 1. The topological polar surface area (TPSA) is 52.4 Å². The van der Waals surface area contributed by atoms with Gasteiger partial charge in [-0.3, -0.25) is 0 Å². The largest absolute Gasteiger partial charge is 0.306 e. The molecule has 0 aromatic heterocycles. The summed E-state index contributed by atoms with van der Waals surface area (Å²) in [5, 5.41) is 9.19. The molecule has 13 heavy (non-hydrogen) atoms. The molecule has 2 atom stereocenters. The first-order chi connectivity index (χ1) is 5.70.